The highest BCUT2D eigenvalue weighted by atomic mass is 17.0. The highest BCUT2D eigenvalue weighted by Gasteiger charge is 2.55. The first-order valence-electron chi connectivity index (χ1n) is 5.45. The first-order chi connectivity index (χ1) is 7.77. The summed E-state index contributed by atoms with van der Waals surface area (Å²) in [6, 6.07) is -0.960. The van der Waals surface area contributed by atoms with Gasteiger partial charge in [0.15, 0.2) is 0 Å². The van der Waals surface area contributed by atoms with Gasteiger partial charge in [-0.05, 0) is 12.3 Å². The molecule has 17 heavy (non-hydrogen) atoms. The van der Waals surface area contributed by atoms with Crippen LogP contribution in [-0.4, -0.2) is 33.8 Å². The monoisotopic (exact) mass is 245 g/mol. The lowest BCUT2D eigenvalue weighted by molar-refractivity contribution is -1.12. The molecule has 1 aliphatic heterocycles. The van der Waals surface area contributed by atoms with Crippen LogP contribution in [0.5, 0.6) is 0 Å². The molecule has 0 saturated carbocycles. The van der Waals surface area contributed by atoms with E-state index in [1.165, 1.54) is 0 Å². The lowest BCUT2D eigenvalue weighted by Gasteiger charge is -2.18. The quantitative estimate of drug-likeness (QED) is 0.406. The van der Waals surface area contributed by atoms with Crippen LogP contribution >= 0.6 is 0 Å². The van der Waals surface area contributed by atoms with Gasteiger partial charge in [0.05, 0.1) is 12.8 Å². The molecule has 0 spiro atoms. The first-order valence-corrected chi connectivity index (χ1v) is 5.45. The molecule has 0 aliphatic carbocycles. The van der Waals surface area contributed by atoms with Crippen molar-refractivity contribution < 1.29 is 29.2 Å². The van der Waals surface area contributed by atoms with E-state index in [0.29, 0.717) is 6.42 Å². The molecule has 0 unspecified atom stereocenters. The van der Waals surface area contributed by atoms with E-state index in [0.717, 1.165) is 0 Å². The van der Waals surface area contributed by atoms with E-state index < -0.39 is 28.6 Å². The van der Waals surface area contributed by atoms with Gasteiger partial charge in [-0.2, -0.15) is 5.21 Å². The van der Waals surface area contributed by atoms with E-state index in [2.05, 4.69) is 4.84 Å². The lowest BCUT2D eigenvalue weighted by atomic mass is 10.1. The minimum absolute atomic E-state index is 0.137. The number of nitrogens with zero attached hydrogens (tertiary/aromatic N) is 1. The number of hydrogen-bond donors (Lipinski definition) is 2. The third kappa shape index (κ3) is 2.87. The van der Waals surface area contributed by atoms with Crippen LogP contribution in [-0.2, 0) is 19.2 Å². The summed E-state index contributed by atoms with van der Waals surface area (Å²) in [5.41, 5.74) is 5.53. The molecule has 0 aromatic carbocycles. The summed E-state index contributed by atoms with van der Waals surface area (Å²) in [5.74, 6) is -2.49. The fraction of sp³-hybridized carbons (Fsp3) is 0.700. The molecule has 1 atom stereocenters. The number of imide groups is 1. The number of carbonyl (C=O) groups is 3. The van der Waals surface area contributed by atoms with Gasteiger partial charge in [0.1, 0.15) is 10.9 Å². The molecule has 1 saturated heterocycles. The summed E-state index contributed by atoms with van der Waals surface area (Å²) >= 11 is 0. The Hall–Kier alpha value is -1.31. The van der Waals surface area contributed by atoms with Gasteiger partial charge in [-0.15, -0.1) is 0 Å². The average Bonchev–Trinajstić information content (AvgIpc) is 2.45. The molecule has 2 amide bonds. The van der Waals surface area contributed by atoms with Crippen molar-refractivity contribution in [3.8, 4) is 0 Å². The Balaban J connectivity index is 2.67. The number of carbonyl (C=O) groups excluding carboxylic acids is 3. The van der Waals surface area contributed by atoms with Gasteiger partial charge in [-0.3, -0.25) is 0 Å². The molecule has 1 rings (SSSR count). The Morgan fingerprint density at radius 2 is 1.88 bits per heavy atom. The smallest absolute Gasteiger partial charge is 0.318 e. The Labute approximate surface area is 98.6 Å². The zero-order valence-corrected chi connectivity index (χ0v) is 9.88. The summed E-state index contributed by atoms with van der Waals surface area (Å²) < 4.78 is 0. The van der Waals surface area contributed by atoms with Crippen molar-refractivity contribution in [2.45, 2.75) is 39.2 Å². The Bertz CT molecular complexity index is 337. The summed E-state index contributed by atoms with van der Waals surface area (Å²) in [4.78, 5) is 36.7. The summed E-state index contributed by atoms with van der Waals surface area (Å²) in [6.45, 7) is 3.73. The molecule has 0 aromatic rings. The van der Waals surface area contributed by atoms with E-state index in [-0.39, 0.29) is 18.8 Å². The Kier molecular flexibility index (Phi) is 3.97. The highest BCUT2D eigenvalue weighted by molar-refractivity contribution is 5.91. The molecule has 7 nitrogen and oxygen atoms in total. The van der Waals surface area contributed by atoms with Crippen LogP contribution in [0.15, 0.2) is 0 Å². The largest absolute Gasteiger partial charge is 0.397 e. The predicted molar refractivity (Wildman–Crippen MR) is 54.8 cm³/mol. The third-order valence-electron chi connectivity index (χ3n) is 2.48. The van der Waals surface area contributed by atoms with Gasteiger partial charge in [-0.1, -0.05) is 13.8 Å². The molecule has 3 N–H and O–H groups in total. The number of rotatable bonds is 4. The van der Waals surface area contributed by atoms with E-state index in [9.17, 15) is 19.6 Å². The van der Waals surface area contributed by atoms with Crippen LogP contribution in [0, 0.1) is 5.92 Å². The van der Waals surface area contributed by atoms with Gasteiger partial charge in [-0.25, -0.2) is 19.2 Å². The molecule has 7 heteroatoms. The fourth-order valence-electron chi connectivity index (χ4n) is 1.56. The zero-order valence-electron chi connectivity index (χ0n) is 9.88. The molecule has 0 bridgehead atoms. The van der Waals surface area contributed by atoms with E-state index >= 15 is 0 Å². The van der Waals surface area contributed by atoms with E-state index in [1.54, 1.807) is 0 Å². The number of hydroxylamine groups is 4. The molecule has 1 aliphatic rings. The Morgan fingerprint density at radius 3 is 2.29 bits per heavy atom. The van der Waals surface area contributed by atoms with Crippen molar-refractivity contribution >= 4 is 17.8 Å². The molecule has 96 valence electrons. The van der Waals surface area contributed by atoms with Gasteiger partial charge in [0.2, 0.25) is 0 Å². The van der Waals surface area contributed by atoms with Crippen molar-refractivity contribution in [3.05, 3.63) is 0 Å². The van der Waals surface area contributed by atoms with Gasteiger partial charge >= 0.3 is 17.8 Å². The first kappa shape index (κ1) is 13.8. The molecule has 0 radical (unpaired) electrons. The maximum atomic E-state index is 11.5. The van der Waals surface area contributed by atoms with Crippen LogP contribution < -0.4 is 5.73 Å². The summed E-state index contributed by atoms with van der Waals surface area (Å²) in [5, 5.41) is 9.62. The fourth-order valence-corrected chi connectivity index (χ4v) is 1.56. The zero-order chi connectivity index (χ0) is 13.2. The van der Waals surface area contributed by atoms with Crippen molar-refractivity contribution in [2.75, 3.05) is 0 Å². The molecular formula is C10H17N2O5+. The maximum absolute atomic E-state index is 11.5. The molecule has 0 aromatic heterocycles. The molecule has 1 heterocycles. The number of hydrogen-bond acceptors (Lipinski definition) is 6. The van der Waals surface area contributed by atoms with E-state index in [4.69, 9.17) is 5.73 Å². The second-order valence-electron chi connectivity index (χ2n) is 4.51. The Morgan fingerprint density at radius 1 is 1.41 bits per heavy atom. The average molecular weight is 245 g/mol. The summed E-state index contributed by atoms with van der Waals surface area (Å²) in [7, 11) is 0. The molecular weight excluding hydrogens is 228 g/mol. The van der Waals surface area contributed by atoms with Crippen molar-refractivity contribution in [1.29, 1.82) is 0 Å². The number of quaternary nitrogens is 1. The van der Waals surface area contributed by atoms with Crippen LogP contribution in [0.1, 0.15) is 33.1 Å². The SMILES string of the molecule is CC(C)C[C@H](N)C(=O)O[N+]1(O)C(=O)CCC1=O. The summed E-state index contributed by atoms with van der Waals surface area (Å²) in [6.07, 6.45) is 0.0747. The topological polar surface area (TPSA) is 107 Å². The number of amides is 2. The standard InChI is InChI=1S/C10H17N2O5/c1-6(2)5-7(11)10(15)17-12(16)8(13)3-4-9(12)14/h6-7,16H,3-5,11H2,1-2H3/q+1/t7-/m0/s1. The highest BCUT2D eigenvalue weighted by Crippen LogP contribution is 2.21. The minimum atomic E-state index is -1.90. The van der Waals surface area contributed by atoms with Crippen molar-refractivity contribution in [2.24, 2.45) is 11.7 Å². The lowest BCUT2D eigenvalue weighted by Crippen LogP contribution is -2.53. The van der Waals surface area contributed by atoms with Gasteiger partial charge < -0.3 is 5.73 Å². The second kappa shape index (κ2) is 4.91. The second-order valence-corrected chi connectivity index (χ2v) is 4.51. The van der Waals surface area contributed by atoms with Crippen molar-refractivity contribution in [1.82, 2.24) is 0 Å². The van der Waals surface area contributed by atoms with Crippen LogP contribution in [0.25, 0.3) is 0 Å². The maximum Gasteiger partial charge on any atom is 0.397 e. The minimum Gasteiger partial charge on any atom is -0.318 e. The van der Waals surface area contributed by atoms with Crippen LogP contribution in [0.4, 0.5) is 0 Å². The van der Waals surface area contributed by atoms with E-state index in [1.807, 2.05) is 13.8 Å². The van der Waals surface area contributed by atoms with Crippen LogP contribution in [0.2, 0.25) is 0 Å². The van der Waals surface area contributed by atoms with Gasteiger partial charge in [0, 0.05) is 0 Å². The third-order valence-corrected chi connectivity index (χ3v) is 2.48. The van der Waals surface area contributed by atoms with Crippen LogP contribution in [0.3, 0.4) is 0 Å². The molecule has 1 fully saturated rings. The number of nitrogens with two attached hydrogens (primary N) is 1. The predicted octanol–water partition coefficient (Wildman–Crippen LogP) is -0.129. The normalized spacial score (nSPS) is 20.8. The van der Waals surface area contributed by atoms with Crippen molar-refractivity contribution in [3.63, 3.8) is 0 Å². The van der Waals surface area contributed by atoms with Gasteiger partial charge in [0.25, 0.3) is 0 Å².